The van der Waals surface area contributed by atoms with Crippen molar-refractivity contribution in [2.45, 2.75) is 13.8 Å². The number of nitrogens with one attached hydrogen (secondary N) is 1. The Morgan fingerprint density at radius 1 is 1.17 bits per heavy atom. The summed E-state index contributed by atoms with van der Waals surface area (Å²) in [5, 5.41) is 9.83. The van der Waals surface area contributed by atoms with E-state index >= 15 is 0 Å². The minimum Gasteiger partial charge on any atom is -0.493 e. The summed E-state index contributed by atoms with van der Waals surface area (Å²) in [7, 11) is 0. The van der Waals surface area contributed by atoms with Gasteiger partial charge in [-0.3, -0.25) is 10.1 Å². The molecule has 0 aliphatic rings. The van der Waals surface area contributed by atoms with Crippen LogP contribution in [0.1, 0.15) is 24.2 Å². The smallest absolute Gasteiger partial charge is 0.258 e. The molecule has 6 nitrogen and oxygen atoms in total. The van der Waals surface area contributed by atoms with E-state index in [4.69, 9.17) is 16.3 Å². The fourth-order valence-electron chi connectivity index (χ4n) is 2.69. The summed E-state index contributed by atoms with van der Waals surface area (Å²) in [5.41, 5.74) is 2.37. The average Bonchev–Trinajstić information content (AvgIpc) is 3.27. The third kappa shape index (κ3) is 4.41. The molecule has 0 spiro atoms. The van der Waals surface area contributed by atoms with Crippen LogP contribution in [0, 0.1) is 5.92 Å². The van der Waals surface area contributed by atoms with Gasteiger partial charge in [0, 0.05) is 21.5 Å². The van der Waals surface area contributed by atoms with Crippen LogP contribution in [0.15, 0.2) is 53.9 Å². The van der Waals surface area contributed by atoms with Crippen molar-refractivity contribution < 1.29 is 9.53 Å². The minimum atomic E-state index is -0.272. The van der Waals surface area contributed by atoms with E-state index < -0.39 is 0 Å². The van der Waals surface area contributed by atoms with Gasteiger partial charge in [0.05, 0.1) is 12.3 Å². The molecule has 0 saturated carbocycles. The van der Waals surface area contributed by atoms with Crippen molar-refractivity contribution in [3.05, 3.63) is 64.5 Å². The molecule has 148 valence electrons. The maximum atomic E-state index is 12.5. The average molecular weight is 427 g/mol. The summed E-state index contributed by atoms with van der Waals surface area (Å²) in [6.45, 7) is 4.81. The Hall–Kier alpha value is -2.90. The Balaban J connectivity index is 1.49. The van der Waals surface area contributed by atoms with E-state index in [0.29, 0.717) is 28.1 Å². The molecule has 1 amide bonds. The van der Waals surface area contributed by atoms with Gasteiger partial charge in [0.1, 0.15) is 5.75 Å². The second kappa shape index (κ2) is 8.23. The Morgan fingerprint density at radius 3 is 2.59 bits per heavy atom. The van der Waals surface area contributed by atoms with Gasteiger partial charge in [0.15, 0.2) is 0 Å². The summed E-state index contributed by atoms with van der Waals surface area (Å²) in [4.78, 5) is 17.6. The summed E-state index contributed by atoms with van der Waals surface area (Å²) >= 11 is 7.42. The molecule has 0 unspecified atom stereocenters. The molecule has 4 aromatic rings. The van der Waals surface area contributed by atoms with E-state index in [2.05, 4.69) is 29.2 Å². The Morgan fingerprint density at radius 2 is 1.90 bits per heavy atom. The van der Waals surface area contributed by atoms with E-state index in [-0.39, 0.29) is 11.9 Å². The van der Waals surface area contributed by atoms with Crippen molar-refractivity contribution in [2.24, 2.45) is 5.92 Å². The highest BCUT2D eigenvalue weighted by atomic mass is 35.5. The second-order valence-corrected chi connectivity index (χ2v) is 8.21. The number of halogens is 1. The number of carbonyl (C=O) groups excluding carboxylic acids is 1. The van der Waals surface area contributed by atoms with Gasteiger partial charge < -0.3 is 4.74 Å². The van der Waals surface area contributed by atoms with Crippen LogP contribution in [-0.4, -0.2) is 27.1 Å². The van der Waals surface area contributed by atoms with Gasteiger partial charge in [0.25, 0.3) is 11.9 Å². The monoisotopic (exact) mass is 426 g/mol. The van der Waals surface area contributed by atoms with Crippen LogP contribution >= 0.6 is 22.9 Å². The largest absolute Gasteiger partial charge is 0.493 e. The lowest BCUT2D eigenvalue weighted by molar-refractivity contribution is 0.102. The van der Waals surface area contributed by atoms with E-state index in [1.165, 1.54) is 11.3 Å². The number of hydrogen-bond donors (Lipinski definition) is 1. The lowest BCUT2D eigenvalue weighted by Gasteiger charge is -2.09. The van der Waals surface area contributed by atoms with Gasteiger partial charge in [0.2, 0.25) is 4.96 Å². The summed E-state index contributed by atoms with van der Waals surface area (Å²) < 4.78 is 7.36. The van der Waals surface area contributed by atoms with Crippen LogP contribution in [0.4, 0.5) is 5.95 Å². The first-order valence-corrected chi connectivity index (χ1v) is 10.4. The topological polar surface area (TPSA) is 68.5 Å². The van der Waals surface area contributed by atoms with Gasteiger partial charge >= 0.3 is 0 Å². The van der Waals surface area contributed by atoms with Crippen LogP contribution in [-0.2, 0) is 0 Å². The van der Waals surface area contributed by atoms with Crippen LogP contribution in [0.25, 0.3) is 16.2 Å². The minimum absolute atomic E-state index is 0.261. The number of benzene rings is 2. The molecule has 0 saturated heterocycles. The molecule has 0 fully saturated rings. The molecule has 0 atom stereocenters. The molecule has 4 rings (SSSR count). The first-order chi connectivity index (χ1) is 14.0. The number of aromatic nitrogens is 3. The Bertz CT molecular complexity index is 1130. The summed E-state index contributed by atoms with van der Waals surface area (Å²) in [6, 6.07) is 14.5. The van der Waals surface area contributed by atoms with Crippen molar-refractivity contribution in [3.63, 3.8) is 0 Å². The zero-order valence-electron chi connectivity index (χ0n) is 15.9. The predicted octanol–water partition coefficient (Wildman–Crippen LogP) is 5.40. The molecular formula is C21H19ClN4O2S. The van der Waals surface area contributed by atoms with E-state index in [1.54, 1.807) is 28.8 Å². The van der Waals surface area contributed by atoms with Crippen LogP contribution in [0.5, 0.6) is 5.75 Å². The number of rotatable bonds is 6. The molecule has 0 radical (unpaired) electrons. The highest BCUT2D eigenvalue weighted by Crippen LogP contribution is 2.27. The van der Waals surface area contributed by atoms with Crippen molar-refractivity contribution in [1.82, 2.24) is 14.6 Å². The first kappa shape index (κ1) is 19.4. The van der Waals surface area contributed by atoms with E-state index in [0.717, 1.165) is 17.0 Å². The van der Waals surface area contributed by atoms with Gasteiger partial charge in [-0.05, 0) is 42.3 Å². The third-order valence-corrected chi connectivity index (χ3v) is 5.21. The Labute approximate surface area is 177 Å². The number of ether oxygens (including phenoxy) is 1. The molecule has 2 heterocycles. The molecule has 8 heteroatoms. The van der Waals surface area contributed by atoms with E-state index in [1.807, 2.05) is 29.6 Å². The number of fused-ring (bicyclic) bond motifs is 1. The van der Waals surface area contributed by atoms with Gasteiger partial charge in [-0.25, -0.2) is 4.52 Å². The number of nitrogens with zero attached hydrogens (tertiary/aromatic N) is 3. The molecule has 29 heavy (non-hydrogen) atoms. The van der Waals surface area contributed by atoms with Gasteiger partial charge in [-0.2, -0.15) is 4.98 Å². The summed E-state index contributed by atoms with van der Waals surface area (Å²) in [5.74, 6) is 1.17. The Kier molecular flexibility index (Phi) is 5.51. The van der Waals surface area contributed by atoms with Crippen molar-refractivity contribution in [3.8, 4) is 17.0 Å². The maximum absolute atomic E-state index is 12.5. The molecule has 2 aromatic heterocycles. The highest BCUT2D eigenvalue weighted by Gasteiger charge is 2.14. The molecular weight excluding hydrogens is 408 g/mol. The summed E-state index contributed by atoms with van der Waals surface area (Å²) in [6.07, 6.45) is 0. The number of hydrogen-bond acceptors (Lipinski definition) is 5. The van der Waals surface area contributed by atoms with Crippen LogP contribution in [0.3, 0.4) is 0 Å². The maximum Gasteiger partial charge on any atom is 0.258 e. The van der Waals surface area contributed by atoms with Crippen LogP contribution < -0.4 is 10.1 Å². The SMILES string of the molecule is CC(C)COc1ccc(C(=O)Nc2nc3scc(-c4ccc(Cl)cc4)n3n2)cc1. The van der Waals surface area contributed by atoms with E-state index in [9.17, 15) is 4.79 Å². The molecule has 2 aromatic carbocycles. The molecule has 0 aliphatic heterocycles. The molecule has 0 aliphatic carbocycles. The lowest BCUT2D eigenvalue weighted by Crippen LogP contribution is -2.13. The zero-order valence-corrected chi connectivity index (χ0v) is 17.5. The van der Waals surface area contributed by atoms with Gasteiger partial charge in [-0.1, -0.05) is 37.6 Å². The fraction of sp³-hybridized carbons (Fsp3) is 0.190. The van der Waals surface area contributed by atoms with Crippen molar-refractivity contribution >= 4 is 39.8 Å². The quantitative estimate of drug-likeness (QED) is 0.448. The lowest BCUT2D eigenvalue weighted by atomic mass is 10.2. The zero-order chi connectivity index (χ0) is 20.4. The van der Waals surface area contributed by atoms with Crippen molar-refractivity contribution in [1.29, 1.82) is 0 Å². The number of anilines is 1. The van der Waals surface area contributed by atoms with Crippen LogP contribution in [0.2, 0.25) is 5.02 Å². The normalized spacial score (nSPS) is 11.2. The standard InChI is InChI=1S/C21H19ClN4O2S/c1-13(2)11-28-17-9-5-15(6-10-17)19(27)23-20-24-21-26(25-20)18(12-29-21)14-3-7-16(22)8-4-14/h3-10,12-13H,11H2,1-2H3,(H,23,25,27). The number of thiazole rings is 1. The number of carbonyl (C=O) groups is 1. The number of amides is 1. The molecule has 0 bridgehead atoms. The predicted molar refractivity (Wildman–Crippen MR) is 116 cm³/mol. The highest BCUT2D eigenvalue weighted by molar-refractivity contribution is 7.15. The van der Waals surface area contributed by atoms with Gasteiger partial charge in [-0.15, -0.1) is 16.4 Å². The molecule has 1 N–H and O–H groups in total. The third-order valence-electron chi connectivity index (χ3n) is 4.15. The van der Waals surface area contributed by atoms with Crippen molar-refractivity contribution in [2.75, 3.05) is 11.9 Å². The second-order valence-electron chi connectivity index (χ2n) is 6.94. The first-order valence-electron chi connectivity index (χ1n) is 9.14. The fourth-order valence-corrected chi connectivity index (χ4v) is 3.65.